The van der Waals surface area contributed by atoms with E-state index in [0.29, 0.717) is 27.8 Å². The SMILES string of the molecule is Nc1ccc(N2CCCC(N)C2)c(NC(=O)c2csc(-c3cc(CF)n[nH]3)n2)c1. The molecule has 0 radical (unpaired) electrons. The highest BCUT2D eigenvalue weighted by molar-refractivity contribution is 7.13. The highest BCUT2D eigenvalue weighted by Crippen LogP contribution is 2.31. The molecule has 29 heavy (non-hydrogen) atoms. The van der Waals surface area contributed by atoms with E-state index in [9.17, 15) is 9.18 Å². The van der Waals surface area contributed by atoms with E-state index in [1.165, 1.54) is 11.3 Å². The van der Waals surface area contributed by atoms with Gasteiger partial charge in [-0.2, -0.15) is 5.10 Å². The highest BCUT2D eigenvalue weighted by Gasteiger charge is 2.21. The van der Waals surface area contributed by atoms with Crippen LogP contribution in [-0.4, -0.2) is 40.2 Å². The van der Waals surface area contributed by atoms with Gasteiger partial charge in [-0.15, -0.1) is 11.3 Å². The van der Waals surface area contributed by atoms with Gasteiger partial charge in [0, 0.05) is 30.2 Å². The maximum absolute atomic E-state index is 12.8. The van der Waals surface area contributed by atoms with Crippen LogP contribution in [0, 0.1) is 0 Å². The van der Waals surface area contributed by atoms with E-state index in [-0.39, 0.29) is 17.6 Å². The molecule has 1 unspecified atom stereocenters. The number of nitrogens with one attached hydrogen (secondary N) is 2. The highest BCUT2D eigenvalue weighted by atomic mass is 32.1. The minimum absolute atomic E-state index is 0.106. The van der Waals surface area contributed by atoms with Crippen LogP contribution in [-0.2, 0) is 6.67 Å². The molecule has 152 valence electrons. The van der Waals surface area contributed by atoms with Crippen LogP contribution in [0.15, 0.2) is 29.6 Å². The fourth-order valence-electron chi connectivity index (χ4n) is 3.39. The summed E-state index contributed by atoms with van der Waals surface area (Å²) in [4.78, 5) is 19.3. The van der Waals surface area contributed by atoms with Crippen molar-refractivity contribution >= 4 is 34.3 Å². The summed E-state index contributed by atoms with van der Waals surface area (Å²) in [6, 6.07) is 7.14. The van der Waals surface area contributed by atoms with Gasteiger partial charge < -0.3 is 21.7 Å². The first kappa shape index (κ1) is 19.3. The Morgan fingerprint density at radius 3 is 3.03 bits per heavy atom. The van der Waals surface area contributed by atoms with Gasteiger partial charge in [0.05, 0.1) is 22.8 Å². The molecule has 1 atom stereocenters. The normalized spacial score (nSPS) is 16.8. The van der Waals surface area contributed by atoms with Gasteiger partial charge in [0.25, 0.3) is 5.91 Å². The number of hydrogen-bond acceptors (Lipinski definition) is 7. The first-order valence-corrected chi connectivity index (χ1v) is 10.2. The molecule has 10 heteroatoms. The number of nitrogen functional groups attached to an aromatic ring is 1. The van der Waals surface area contributed by atoms with E-state index in [1.54, 1.807) is 17.5 Å². The number of aromatic nitrogens is 3. The molecular weight excluding hydrogens is 393 g/mol. The van der Waals surface area contributed by atoms with Crippen molar-refractivity contribution in [1.29, 1.82) is 0 Å². The maximum Gasteiger partial charge on any atom is 0.275 e. The number of nitrogens with two attached hydrogens (primary N) is 2. The fraction of sp³-hybridized carbons (Fsp3) is 0.316. The van der Waals surface area contributed by atoms with Crippen LogP contribution in [0.25, 0.3) is 10.7 Å². The molecule has 3 heterocycles. The van der Waals surface area contributed by atoms with E-state index in [0.717, 1.165) is 31.6 Å². The third-order valence-electron chi connectivity index (χ3n) is 4.80. The zero-order valence-electron chi connectivity index (χ0n) is 15.7. The molecule has 6 N–H and O–H groups in total. The minimum Gasteiger partial charge on any atom is -0.399 e. The van der Waals surface area contributed by atoms with Gasteiger partial charge in [0.2, 0.25) is 0 Å². The summed E-state index contributed by atoms with van der Waals surface area (Å²) in [5.41, 5.74) is 15.3. The Morgan fingerprint density at radius 1 is 1.41 bits per heavy atom. The van der Waals surface area contributed by atoms with E-state index in [1.807, 2.05) is 12.1 Å². The molecule has 1 fully saturated rings. The Kier molecular flexibility index (Phi) is 5.45. The van der Waals surface area contributed by atoms with Crippen molar-refractivity contribution in [2.45, 2.75) is 25.6 Å². The lowest BCUT2D eigenvalue weighted by Crippen LogP contribution is -2.43. The number of benzene rings is 1. The van der Waals surface area contributed by atoms with E-state index < -0.39 is 6.67 Å². The molecular formula is C19H22FN7OS. The number of amides is 1. The Morgan fingerprint density at radius 2 is 2.28 bits per heavy atom. The monoisotopic (exact) mass is 415 g/mol. The van der Waals surface area contributed by atoms with Crippen molar-refractivity contribution < 1.29 is 9.18 Å². The number of alkyl halides is 1. The van der Waals surface area contributed by atoms with Gasteiger partial charge in [0.15, 0.2) is 0 Å². The van der Waals surface area contributed by atoms with Crippen molar-refractivity contribution in [3.63, 3.8) is 0 Å². The van der Waals surface area contributed by atoms with Gasteiger partial charge in [-0.1, -0.05) is 0 Å². The molecule has 1 amide bonds. The van der Waals surface area contributed by atoms with Crippen molar-refractivity contribution in [1.82, 2.24) is 15.2 Å². The van der Waals surface area contributed by atoms with Crippen LogP contribution in [0.4, 0.5) is 21.5 Å². The zero-order chi connectivity index (χ0) is 20.4. The Labute approximate surface area is 171 Å². The number of carbonyl (C=O) groups excluding carboxylic acids is 1. The lowest BCUT2D eigenvalue weighted by Gasteiger charge is -2.34. The van der Waals surface area contributed by atoms with E-state index in [2.05, 4.69) is 25.4 Å². The molecule has 1 saturated heterocycles. The van der Waals surface area contributed by atoms with E-state index in [4.69, 9.17) is 11.5 Å². The summed E-state index contributed by atoms with van der Waals surface area (Å²) >= 11 is 1.28. The average molecular weight is 415 g/mol. The molecule has 3 aromatic rings. The Hall–Kier alpha value is -2.98. The number of piperidine rings is 1. The first-order chi connectivity index (χ1) is 14.0. The standard InChI is InChI=1S/C19H22FN7OS/c20-8-13-7-15(26-25-13)19-24-16(10-29-19)18(28)23-14-6-11(21)3-4-17(14)27-5-1-2-12(22)9-27/h3-4,6-7,10,12H,1-2,5,8-9,21-22H2,(H,23,28)(H,25,26). The molecule has 0 saturated carbocycles. The predicted molar refractivity (Wildman–Crippen MR) is 113 cm³/mol. The van der Waals surface area contributed by atoms with Gasteiger partial charge >= 0.3 is 0 Å². The Balaban J connectivity index is 1.55. The quantitative estimate of drug-likeness (QED) is 0.475. The summed E-state index contributed by atoms with van der Waals surface area (Å²) < 4.78 is 12.7. The van der Waals surface area contributed by atoms with Gasteiger partial charge in [-0.3, -0.25) is 9.89 Å². The lowest BCUT2D eigenvalue weighted by molar-refractivity contribution is 0.102. The van der Waals surface area contributed by atoms with Crippen LogP contribution in [0.1, 0.15) is 29.0 Å². The second-order valence-electron chi connectivity index (χ2n) is 7.02. The number of thiazole rings is 1. The summed E-state index contributed by atoms with van der Waals surface area (Å²) in [7, 11) is 0. The van der Waals surface area contributed by atoms with Gasteiger partial charge in [-0.25, -0.2) is 9.37 Å². The third-order valence-corrected chi connectivity index (χ3v) is 5.68. The van der Waals surface area contributed by atoms with Crippen molar-refractivity contribution in [2.75, 3.05) is 29.0 Å². The minimum atomic E-state index is -0.659. The lowest BCUT2D eigenvalue weighted by atomic mass is 10.1. The smallest absolute Gasteiger partial charge is 0.275 e. The average Bonchev–Trinajstić information content (AvgIpc) is 3.37. The largest absolute Gasteiger partial charge is 0.399 e. The topological polar surface area (TPSA) is 126 Å². The fourth-order valence-corrected chi connectivity index (χ4v) is 4.15. The second kappa shape index (κ2) is 8.18. The molecule has 0 bridgehead atoms. The maximum atomic E-state index is 12.8. The van der Waals surface area contributed by atoms with Gasteiger partial charge in [-0.05, 0) is 37.1 Å². The van der Waals surface area contributed by atoms with Gasteiger partial charge in [0.1, 0.15) is 17.4 Å². The Bertz CT molecular complexity index is 1020. The van der Waals surface area contributed by atoms with Crippen molar-refractivity contribution in [3.8, 4) is 10.7 Å². The number of anilines is 3. The molecule has 8 nitrogen and oxygen atoms in total. The van der Waals surface area contributed by atoms with Crippen LogP contribution < -0.4 is 21.7 Å². The summed E-state index contributed by atoms with van der Waals surface area (Å²) in [6.07, 6.45) is 1.99. The van der Waals surface area contributed by atoms with Crippen molar-refractivity contribution in [3.05, 3.63) is 41.0 Å². The summed E-state index contributed by atoms with van der Waals surface area (Å²) in [5, 5.41) is 11.7. The number of H-pyrrole nitrogens is 1. The first-order valence-electron chi connectivity index (χ1n) is 9.31. The van der Waals surface area contributed by atoms with Crippen LogP contribution in [0.3, 0.4) is 0 Å². The van der Waals surface area contributed by atoms with E-state index >= 15 is 0 Å². The van der Waals surface area contributed by atoms with Crippen LogP contribution in [0.5, 0.6) is 0 Å². The molecule has 4 rings (SSSR count). The van der Waals surface area contributed by atoms with Crippen LogP contribution >= 0.6 is 11.3 Å². The molecule has 1 aliphatic heterocycles. The predicted octanol–water partition coefficient (Wildman–Crippen LogP) is 2.76. The molecule has 1 aliphatic rings. The van der Waals surface area contributed by atoms with Crippen molar-refractivity contribution in [2.24, 2.45) is 5.73 Å². The molecule has 0 spiro atoms. The number of nitrogens with zero attached hydrogens (tertiary/aromatic N) is 3. The summed E-state index contributed by atoms with van der Waals surface area (Å²) in [5.74, 6) is -0.342. The summed E-state index contributed by atoms with van der Waals surface area (Å²) in [6.45, 7) is 0.940. The number of hydrogen-bond donors (Lipinski definition) is 4. The molecule has 0 aliphatic carbocycles. The molecule has 2 aromatic heterocycles. The second-order valence-corrected chi connectivity index (χ2v) is 7.88. The number of aromatic amines is 1. The number of halogens is 1. The third kappa shape index (κ3) is 4.22. The number of rotatable bonds is 5. The number of carbonyl (C=O) groups is 1. The molecule has 1 aromatic carbocycles. The van der Waals surface area contributed by atoms with Crippen LogP contribution in [0.2, 0.25) is 0 Å². The zero-order valence-corrected chi connectivity index (χ0v) is 16.5.